The number of nitrogens with one attached hydrogen (secondary N) is 1. The van der Waals surface area contributed by atoms with Crippen LogP contribution in [0.3, 0.4) is 0 Å². The maximum Gasteiger partial charge on any atom is 0.409 e. The Bertz CT molecular complexity index is 350. The predicted octanol–water partition coefficient (Wildman–Crippen LogP) is 0.549. The SMILES string of the molecule is COCCNC(=O)CN1CCCN(C(=O)OCC(C)C)CC1. The van der Waals surface area contributed by atoms with Crippen molar-refractivity contribution >= 4 is 12.0 Å². The van der Waals surface area contributed by atoms with E-state index in [1.165, 1.54) is 0 Å². The second kappa shape index (κ2) is 10.4. The average molecular weight is 315 g/mol. The number of nitrogens with zero attached hydrogens (tertiary/aromatic N) is 2. The maximum absolute atomic E-state index is 12.0. The molecule has 0 aliphatic carbocycles. The number of ether oxygens (including phenoxy) is 2. The lowest BCUT2D eigenvalue weighted by atomic mass is 10.2. The number of hydrogen-bond donors (Lipinski definition) is 1. The van der Waals surface area contributed by atoms with Crippen molar-refractivity contribution < 1.29 is 19.1 Å². The first-order valence-electron chi connectivity index (χ1n) is 7.92. The van der Waals surface area contributed by atoms with E-state index in [2.05, 4.69) is 10.2 Å². The number of methoxy groups -OCH3 is 1. The molecule has 0 spiro atoms. The normalized spacial score (nSPS) is 16.5. The molecule has 0 radical (unpaired) electrons. The fraction of sp³-hybridized carbons (Fsp3) is 0.867. The molecule has 1 aliphatic rings. The zero-order valence-corrected chi connectivity index (χ0v) is 14.0. The molecule has 7 nitrogen and oxygen atoms in total. The lowest BCUT2D eigenvalue weighted by Gasteiger charge is -2.21. The Morgan fingerprint density at radius 3 is 2.64 bits per heavy atom. The van der Waals surface area contributed by atoms with Gasteiger partial charge in [0.15, 0.2) is 0 Å². The zero-order chi connectivity index (χ0) is 16.4. The van der Waals surface area contributed by atoms with Gasteiger partial charge in [0.1, 0.15) is 0 Å². The maximum atomic E-state index is 12.0. The van der Waals surface area contributed by atoms with Gasteiger partial charge in [0, 0.05) is 39.8 Å². The summed E-state index contributed by atoms with van der Waals surface area (Å²) in [5.74, 6) is 0.330. The molecular weight excluding hydrogens is 286 g/mol. The fourth-order valence-electron chi connectivity index (χ4n) is 2.19. The van der Waals surface area contributed by atoms with Crippen molar-refractivity contribution in [2.45, 2.75) is 20.3 Å². The smallest absolute Gasteiger partial charge is 0.409 e. The summed E-state index contributed by atoms with van der Waals surface area (Å²) < 4.78 is 10.2. The van der Waals surface area contributed by atoms with Crippen LogP contribution in [0.4, 0.5) is 4.79 Å². The highest BCUT2D eigenvalue weighted by molar-refractivity contribution is 5.78. The first-order chi connectivity index (χ1) is 10.5. The van der Waals surface area contributed by atoms with Gasteiger partial charge < -0.3 is 19.7 Å². The highest BCUT2D eigenvalue weighted by atomic mass is 16.6. The quantitative estimate of drug-likeness (QED) is 0.695. The summed E-state index contributed by atoms with van der Waals surface area (Å²) in [6, 6.07) is 0. The summed E-state index contributed by atoms with van der Waals surface area (Å²) in [6.45, 7) is 8.65. The minimum Gasteiger partial charge on any atom is -0.449 e. The van der Waals surface area contributed by atoms with Crippen molar-refractivity contribution in [3.8, 4) is 0 Å². The molecule has 0 unspecified atom stereocenters. The van der Waals surface area contributed by atoms with E-state index in [0.717, 1.165) is 13.0 Å². The molecule has 0 saturated carbocycles. The first-order valence-corrected chi connectivity index (χ1v) is 7.92. The number of rotatable bonds is 7. The van der Waals surface area contributed by atoms with E-state index in [1.54, 1.807) is 12.0 Å². The lowest BCUT2D eigenvalue weighted by molar-refractivity contribution is -0.122. The molecule has 1 aliphatic heterocycles. The molecule has 0 bridgehead atoms. The third-order valence-electron chi connectivity index (χ3n) is 3.38. The van der Waals surface area contributed by atoms with E-state index in [1.807, 2.05) is 13.8 Å². The molecule has 0 aromatic carbocycles. The summed E-state index contributed by atoms with van der Waals surface area (Å²) >= 11 is 0. The van der Waals surface area contributed by atoms with Gasteiger partial charge in [-0.15, -0.1) is 0 Å². The molecule has 2 amide bonds. The van der Waals surface area contributed by atoms with Crippen molar-refractivity contribution in [2.24, 2.45) is 5.92 Å². The third-order valence-corrected chi connectivity index (χ3v) is 3.38. The van der Waals surface area contributed by atoms with Gasteiger partial charge in [-0.1, -0.05) is 13.8 Å². The average Bonchev–Trinajstić information content (AvgIpc) is 2.70. The number of carbonyl (C=O) groups excluding carboxylic acids is 2. The summed E-state index contributed by atoms with van der Waals surface area (Å²) in [4.78, 5) is 27.5. The van der Waals surface area contributed by atoms with E-state index in [-0.39, 0.29) is 12.0 Å². The number of hydrogen-bond acceptors (Lipinski definition) is 5. The molecule has 7 heteroatoms. The molecule has 128 valence electrons. The largest absolute Gasteiger partial charge is 0.449 e. The van der Waals surface area contributed by atoms with E-state index in [0.29, 0.717) is 51.9 Å². The highest BCUT2D eigenvalue weighted by Crippen LogP contribution is 2.06. The minimum absolute atomic E-state index is 0.00659. The van der Waals surface area contributed by atoms with Crippen molar-refractivity contribution in [3.63, 3.8) is 0 Å². The minimum atomic E-state index is -0.250. The molecule has 1 heterocycles. The van der Waals surface area contributed by atoms with Gasteiger partial charge in [0.25, 0.3) is 0 Å². The molecule has 1 N–H and O–H groups in total. The van der Waals surface area contributed by atoms with E-state index in [9.17, 15) is 9.59 Å². The first kappa shape index (κ1) is 18.7. The van der Waals surface area contributed by atoms with Crippen LogP contribution in [0.1, 0.15) is 20.3 Å². The highest BCUT2D eigenvalue weighted by Gasteiger charge is 2.21. The standard InChI is InChI=1S/C15H29N3O4/c1-13(2)12-22-15(20)18-7-4-6-17(8-9-18)11-14(19)16-5-10-21-3/h13H,4-12H2,1-3H3,(H,16,19). The molecule has 0 atom stereocenters. The summed E-state index contributed by atoms with van der Waals surface area (Å²) in [5.41, 5.74) is 0. The Labute approximate surface area is 132 Å². The van der Waals surface area contributed by atoms with Gasteiger partial charge in [-0.05, 0) is 12.3 Å². The Kier molecular flexibility index (Phi) is 8.84. The van der Waals surface area contributed by atoms with Crippen LogP contribution in [0.15, 0.2) is 0 Å². The van der Waals surface area contributed by atoms with Crippen LogP contribution in [-0.2, 0) is 14.3 Å². The van der Waals surface area contributed by atoms with E-state index in [4.69, 9.17) is 9.47 Å². The summed E-state index contributed by atoms with van der Waals surface area (Å²) in [5, 5.41) is 2.81. The van der Waals surface area contributed by atoms with Crippen LogP contribution >= 0.6 is 0 Å². The Hall–Kier alpha value is -1.34. The molecule has 22 heavy (non-hydrogen) atoms. The van der Waals surface area contributed by atoms with Gasteiger partial charge in [-0.2, -0.15) is 0 Å². The van der Waals surface area contributed by atoms with E-state index >= 15 is 0 Å². The van der Waals surface area contributed by atoms with Crippen molar-refractivity contribution in [1.82, 2.24) is 15.1 Å². The predicted molar refractivity (Wildman–Crippen MR) is 83.7 cm³/mol. The van der Waals surface area contributed by atoms with Crippen LogP contribution in [0.2, 0.25) is 0 Å². The van der Waals surface area contributed by atoms with Crippen molar-refractivity contribution in [2.75, 3.05) is 59.6 Å². The third kappa shape index (κ3) is 7.61. The van der Waals surface area contributed by atoms with E-state index < -0.39 is 0 Å². The monoisotopic (exact) mass is 315 g/mol. The van der Waals surface area contributed by atoms with Crippen LogP contribution in [-0.4, -0.2) is 81.4 Å². The van der Waals surface area contributed by atoms with Crippen molar-refractivity contribution in [1.29, 1.82) is 0 Å². The van der Waals surface area contributed by atoms with Crippen LogP contribution in [0, 0.1) is 5.92 Å². The lowest BCUT2D eigenvalue weighted by Crippen LogP contribution is -2.41. The number of carbonyl (C=O) groups is 2. The molecule has 0 aromatic rings. The van der Waals surface area contributed by atoms with Gasteiger partial charge in [-0.25, -0.2) is 4.79 Å². The Morgan fingerprint density at radius 2 is 1.95 bits per heavy atom. The van der Waals surface area contributed by atoms with Gasteiger partial charge in [0.2, 0.25) is 5.91 Å². The molecule has 1 saturated heterocycles. The molecule has 0 aromatic heterocycles. The second-order valence-electron chi connectivity index (χ2n) is 5.93. The van der Waals surface area contributed by atoms with Gasteiger partial charge in [0.05, 0.1) is 19.8 Å². The van der Waals surface area contributed by atoms with Crippen LogP contribution < -0.4 is 5.32 Å². The van der Waals surface area contributed by atoms with Crippen molar-refractivity contribution in [3.05, 3.63) is 0 Å². The summed E-state index contributed by atoms with van der Waals surface area (Å²) in [7, 11) is 1.61. The summed E-state index contributed by atoms with van der Waals surface area (Å²) in [6.07, 6.45) is 0.599. The van der Waals surface area contributed by atoms with Gasteiger partial charge in [-0.3, -0.25) is 9.69 Å². The van der Waals surface area contributed by atoms with Crippen LogP contribution in [0.25, 0.3) is 0 Å². The Balaban J connectivity index is 2.29. The zero-order valence-electron chi connectivity index (χ0n) is 14.0. The number of amides is 2. The molecular formula is C15H29N3O4. The topological polar surface area (TPSA) is 71.1 Å². The molecule has 1 rings (SSSR count). The fourth-order valence-corrected chi connectivity index (χ4v) is 2.19. The van der Waals surface area contributed by atoms with Crippen LogP contribution in [0.5, 0.6) is 0 Å². The van der Waals surface area contributed by atoms with Gasteiger partial charge >= 0.3 is 6.09 Å². The molecule has 1 fully saturated rings. The Morgan fingerprint density at radius 1 is 1.18 bits per heavy atom. The second-order valence-corrected chi connectivity index (χ2v) is 5.93.